The Kier molecular flexibility index (Phi) is 6.16. The van der Waals surface area contributed by atoms with Crippen molar-refractivity contribution in [1.29, 1.82) is 0 Å². The summed E-state index contributed by atoms with van der Waals surface area (Å²) in [5.74, 6) is 0. The molecule has 2 atom stereocenters. The summed E-state index contributed by atoms with van der Waals surface area (Å²) < 4.78 is 11.7. The Bertz CT molecular complexity index is 561. The largest absolute Gasteiger partial charge is 0.375 e. The summed E-state index contributed by atoms with van der Waals surface area (Å²) in [6.07, 6.45) is 2.70. The van der Waals surface area contributed by atoms with Gasteiger partial charge in [0.15, 0.2) is 0 Å². The quantitative estimate of drug-likeness (QED) is 0.781. The van der Waals surface area contributed by atoms with Crippen LogP contribution in [0, 0.1) is 0 Å². The van der Waals surface area contributed by atoms with Crippen molar-refractivity contribution in [1.82, 2.24) is 9.80 Å². The standard InChI is InChI=1S/C18H26N2O3S/c1-19(2)18(21)24-15-6-3-5-14(11-15)12-20-8-10-23-17(13-20)16-7-4-9-22-16/h3,5-6,11,16-17H,4,7-10,12-13H2,1-2H3/t16-,17+/m0/s1. The molecule has 0 aliphatic carbocycles. The molecule has 2 aliphatic heterocycles. The number of carbonyl (C=O) groups excluding carboxylic acids is 1. The predicted molar refractivity (Wildman–Crippen MR) is 95.4 cm³/mol. The third kappa shape index (κ3) is 4.72. The van der Waals surface area contributed by atoms with Gasteiger partial charge in [-0.25, -0.2) is 0 Å². The highest BCUT2D eigenvalue weighted by Gasteiger charge is 2.31. The summed E-state index contributed by atoms with van der Waals surface area (Å²) in [5, 5.41) is 0.0527. The van der Waals surface area contributed by atoms with Gasteiger partial charge in [-0.1, -0.05) is 12.1 Å². The minimum atomic E-state index is 0.0527. The number of hydrogen-bond acceptors (Lipinski definition) is 5. The molecule has 1 amide bonds. The maximum Gasteiger partial charge on any atom is 0.285 e. The van der Waals surface area contributed by atoms with Crippen molar-refractivity contribution in [2.45, 2.75) is 36.5 Å². The number of benzene rings is 1. The molecule has 0 saturated carbocycles. The van der Waals surface area contributed by atoms with Crippen molar-refractivity contribution in [2.75, 3.05) is 40.4 Å². The van der Waals surface area contributed by atoms with E-state index in [1.165, 1.54) is 17.3 Å². The van der Waals surface area contributed by atoms with Gasteiger partial charge in [-0.15, -0.1) is 0 Å². The van der Waals surface area contributed by atoms with Crippen LogP contribution in [0.2, 0.25) is 0 Å². The zero-order chi connectivity index (χ0) is 16.9. The second kappa shape index (κ2) is 8.34. The fourth-order valence-electron chi connectivity index (χ4n) is 3.15. The summed E-state index contributed by atoms with van der Waals surface area (Å²) in [6, 6.07) is 8.26. The molecular weight excluding hydrogens is 324 g/mol. The smallest absolute Gasteiger partial charge is 0.285 e. The van der Waals surface area contributed by atoms with E-state index in [9.17, 15) is 4.79 Å². The van der Waals surface area contributed by atoms with Gasteiger partial charge in [0.25, 0.3) is 5.24 Å². The Morgan fingerprint density at radius 1 is 1.29 bits per heavy atom. The van der Waals surface area contributed by atoms with Crippen LogP contribution in [0.5, 0.6) is 0 Å². The lowest BCUT2D eigenvalue weighted by molar-refractivity contribution is -0.0960. The average Bonchev–Trinajstić information content (AvgIpc) is 3.10. The molecule has 2 fully saturated rings. The van der Waals surface area contributed by atoms with E-state index in [-0.39, 0.29) is 17.4 Å². The van der Waals surface area contributed by atoms with Gasteiger partial charge in [0.05, 0.1) is 18.8 Å². The highest BCUT2D eigenvalue weighted by atomic mass is 32.2. The van der Waals surface area contributed by atoms with Crippen molar-refractivity contribution in [3.05, 3.63) is 29.8 Å². The van der Waals surface area contributed by atoms with Crippen LogP contribution in [0.4, 0.5) is 4.79 Å². The molecule has 0 aromatic heterocycles. The van der Waals surface area contributed by atoms with E-state index in [1.54, 1.807) is 19.0 Å². The number of carbonyl (C=O) groups is 1. The van der Waals surface area contributed by atoms with Gasteiger partial charge in [-0.05, 0) is 42.3 Å². The first-order valence-corrected chi connectivity index (χ1v) is 9.37. The van der Waals surface area contributed by atoms with Crippen LogP contribution in [0.15, 0.2) is 29.2 Å². The molecule has 0 radical (unpaired) electrons. The Morgan fingerprint density at radius 2 is 2.12 bits per heavy atom. The first-order valence-electron chi connectivity index (χ1n) is 8.55. The molecule has 5 nitrogen and oxygen atoms in total. The lowest BCUT2D eigenvalue weighted by Gasteiger charge is -2.35. The molecular formula is C18H26N2O3S. The van der Waals surface area contributed by atoms with Gasteiger partial charge in [0.1, 0.15) is 0 Å². The number of morpholine rings is 1. The lowest BCUT2D eigenvalue weighted by Crippen LogP contribution is -2.47. The topological polar surface area (TPSA) is 42.0 Å². The molecule has 0 spiro atoms. The summed E-state index contributed by atoms with van der Waals surface area (Å²) in [7, 11) is 3.55. The molecule has 0 bridgehead atoms. The van der Waals surface area contributed by atoms with E-state index in [0.29, 0.717) is 0 Å². The Morgan fingerprint density at radius 3 is 2.88 bits per heavy atom. The zero-order valence-corrected chi connectivity index (χ0v) is 15.3. The van der Waals surface area contributed by atoms with E-state index in [4.69, 9.17) is 9.47 Å². The zero-order valence-electron chi connectivity index (χ0n) is 14.4. The van der Waals surface area contributed by atoms with Gasteiger partial charge in [0.2, 0.25) is 0 Å². The highest BCUT2D eigenvalue weighted by Crippen LogP contribution is 2.24. The minimum Gasteiger partial charge on any atom is -0.375 e. The lowest BCUT2D eigenvalue weighted by atomic mass is 10.1. The van der Waals surface area contributed by atoms with Crippen molar-refractivity contribution < 1.29 is 14.3 Å². The van der Waals surface area contributed by atoms with E-state index in [1.807, 2.05) is 12.1 Å². The van der Waals surface area contributed by atoms with Gasteiger partial charge in [0, 0.05) is 45.2 Å². The maximum atomic E-state index is 11.9. The molecule has 2 aliphatic rings. The summed E-state index contributed by atoms with van der Waals surface area (Å²) in [6.45, 7) is 4.37. The third-order valence-corrected chi connectivity index (χ3v) is 5.46. The van der Waals surface area contributed by atoms with Gasteiger partial charge < -0.3 is 14.4 Å². The van der Waals surface area contributed by atoms with E-state index >= 15 is 0 Å². The number of rotatable bonds is 4. The molecule has 3 rings (SSSR count). The number of hydrogen-bond donors (Lipinski definition) is 0. The summed E-state index contributed by atoms with van der Waals surface area (Å²) >= 11 is 1.27. The summed E-state index contributed by atoms with van der Waals surface area (Å²) in [5.41, 5.74) is 1.24. The molecule has 1 aromatic rings. The van der Waals surface area contributed by atoms with E-state index < -0.39 is 0 Å². The van der Waals surface area contributed by atoms with E-state index in [2.05, 4.69) is 17.0 Å². The fraction of sp³-hybridized carbons (Fsp3) is 0.611. The molecule has 132 valence electrons. The van der Waals surface area contributed by atoms with Crippen molar-refractivity contribution in [3.63, 3.8) is 0 Å². The third-order valence-electron chi connectivity index (χ3n) is 4.43. The monoisotopic (exact) mass is 350 g/mol. The Labute approximate surface area is 148 Å². The molecule has 0 N–H and O–H groups in total. The fourth-order valence-corrected chi connectivity index (χ4v) is 3.89. The second-order valence-corrected chi connectivity index (χ2v) is 7.63. The maximum absolute atomic E-state index is 11.9. The van der Waals surface area contributed by atoms with Crippen LogP contribution in [0.3, 0.4) is 0 Å². The van der Waals surface area contributed by atoms with Crippen LogP contribution in [0.25, 0.3) is 0 Å². The molecule has 0 unspecified atom stereocenters. The van der Waals surface area contributed by atoms with Gasteiger partial charge >= 0.3 is 0 Å². The number of amides is 1. The Hall–Kier alpha value is -1.08. The van der Waals surface area contributed by atoms with Crippen molar-refractivity contribution >= 4 is 17.0 Å². The molecule has 6 heteroatoms. The molecule has 2 heterocycles. The van der Waals surface area contributed by atoms with Crippen LogP contribution < -0.4 is 0 Å². The SMILES string of the molecule is CN(C)C(=O)Sc1cccc(CN2CCO[C@@H]([C@@H]3CCCO3)C2)c1. The predicted octanol–water partition coefficient (Wildman–Crippen LogP) is 2.84. The molecule has 1 aromatic carbocycles. The minimum absolute atomic E-state index is 0.0527. The van der Waals surface area contributed by atoms with Crippen LogP contribution in [-0.4, -0.2) is 67.6 Å². The van der Waals surface area contributed by atoms with Crippen molar-refractivity contribution in [3.8, 4) is 0 Å². The first-order chi connectivity index (χ1) is 11.6. The van der Waals surface area contributed by atoms with Gasteiger partial charge in [-0.2, -0.15) is 0 Å². The van der Waals surface area contributed by atoms with E-state index in [0.717, 1.165) is 50.6 Å². The van der Waals surface area contributed by atoms with Crippen LogP contribution >= 0.6 is 11.8 Å². The van der Waals surface area contributed by atoms with Crippen LogP contribution in [0.1, 0.15) is 18.4 Å². The van der Waals surface area contributed by atoms with Crippen molar-refractivity contribution in [2.24, 2.45) is 0 Å². The molecule has 2 saturated heterocycles. The number of thioether (sulfide) groups is 1. The van der Waals surface area contributed by atoms with Gasteiger partial charge in [-0.3, -0.25) is 9.69 Å². The average molecular weight is 350 g/mol. The normalized spacial score (nSPS) is 24.9. The first kappa shape index (κ1) is 17.7. The highest BCUT2D eigenvalue weighted by molar-refractivity contribution is 8.13. The molecule has 24 heavy (non-hydrogen) atoms. The van der Waals surface area contributed by atoms with Crippen LogP contribution in [-0.2, 0) is 16.0 Å². The number of nitrogens with zero attached hydrogens (tertiary/aromatic N) is 2. The Balaban J connectivity index is 1.57. The number of ether oxygens (including phenoxy) is 2. The summed E-state index contributed by atoms with van der Waals surface area (Å²) in [4.78, 5) is 16.9. The second-order valence-electron chi connectivity index (χ2n) is 6.61.